The van der Waals surface area contributed by atoms with Gasteiger partial charge in [-0.2, -0.15) is 0 Å². The summed E-state index contributed by atoms with van der Waals surface area (Å²) in [6.07, 6.45) is 2.36. The number of amides is 1. The Hall–Kier alpha value is -2.35. The standard InChI is InChI=1S/C23H21BrClN3O2S/c1-30-21-17(12-14-6-2-3-7-16(14)20(21)24)22(29)27-23(31)26-15-8-9-19(18(25)13-15)28-10-4-5-11-28/h2-3,6-9,12-13H,4-5,10-11H2,1H3,(H2,26,27,29,31). The quantitative estimate of drug-likeness (QED) is 0.416. The zero-order valence-electron chi connectivity index (χ0n) is 16.9. The molecule has 2 N–H and O–H groups in total. The third-order valence-corrected chi connectivity index (χ3v) is 6.56. The number of methoxy groups -OCH3 is 1. The lowest BCUT2D eigenvalue weighted by molar-refractivity contribution is 0.0975. The van der Waals surface area contributed by atoms with Gasteiger partial charge in [0.15, 0.2) is 5.11 Å². The van der Waals surface area contributed by atoms with Gasteiger partial charge in [-0.25, -0.2) is 0 Å². The van der Waals surface area contributed by atoms with Crippen LogP contribution in [0.25, 0.3) is 10.8 Å². The molecule has 5 nitrogen and oxygen atoms in total. The van der Waals surface area contributed by atoms with Gasteiger partial charge in [0, 0.05) is 18.8 Å². The molecule has 1 aliphatic rings. The number of rotatable bonds is 4. The van der Waals surface area contributed by atoms with Crippen LogP contribution in [0.4, 0.5) is 11.4 Å². The Balaban J connectivity index is 1.50. The SMILES string of the molecule is COc1c(C(=O)NC(=S)Nc2ccc(N3CCCC3)c(Cl)c2)cc2ccccc2c1Br. The molecule has 1 amide bonds. The minimum Gasteiger partial charge on any atom is -0.495 e. The maximum atomic E-state index is 12.9. The molecule has 3 aromatic rings. The third kappa shape index (κ3) is 4.63. The molecule has 1 heterocycles. The van der Waals surface area contributed by atoms with Gasteiger partial charge in [0.25, 0.3) is 5.91 Å². The summed E-state index contributed by atoms with van der Waals surface area (Å²) in [5.74, 6) is 0.0950. The molecule has 0 unspecified atom stereocenters. The van der Waals surface area contributed by atoms with E-state index in [1.807, 2.05) is 42.5 Å². The molecule has 1 aliphatic heterocycles. The summed E-state index contributed by atoms with van der Waals surface area (Å²) >= 11 is 15.4. The molecule has 31 heavy (non-hydrogen) atoms. The first kappa shape index (κ1) is 21.9. The first-order valence-electron chi connectivity index (χ1n) is 9.90. The molecule has 0 saturated carbocycles. The monoisotopic (exact) mass is 517 g/mol. The van der Waals surface area contributed by atoms with Crippen LogP contribution in [0, 0.1) is 0 Å². The lowest BCUT2D eigenvalue weighted by Crippen LogP contribution is -2.34. The van der Waals surface area contributed by atoms with Crippen molar-refractivity contribution in [1.29, 1.82) is 0 Å². The van der Waals surface area contributed by atoms with Crippen molar-refractivity contribution in [2.24, 2.45) is 0 Å². The van der Waals surface area contributed by atoms with E-state index in [4.69, 9.17) is 28.6 Å². The zero-order chi connectivity index (χ0) is 22.0. The normalized spacial score (nSPS) is 13.3. The maximum absolute atomic E-state index is 12.9. The Morgan fingerprint density at radius 2 is 1.90 bits per heavy atom. The van der Waals surface area contributed by atoms with Crippen molar-refractivity contribution in [2.45, 2.75) is 12.8 Å². The number of anilines is 2. The molecule has 4 rings (SSSR count). The van der Waals surface area contributed by atoms with Crippen molar-refractivity contribution < 1.29 is 9.53 Å². The molecular weight excluding hydrogens is 498 g/mol. The number of hydrogen-bond donors (Lipinski definition) is 2. The first-order valence-corrected chi connectivity index (χ1v) is 11.5. The predicted molar refractivity (Wildman–Crippen MR) is 135 cm³/mol. The van der Waals surface area contributed by atoms with Gasteiger partial charge in [0.2, 0.25) is 0 Å². The fourth-order valence-electron chi connectivity index (χ4n) is 3.78. The summed E-state index contributed by atoms with van der Waals surface area (Å²) in [6.45, 7) is 2.04. The van der Waals surface area contributed by atoms with E-state index >= 15 is 0 Å². The third-order valence-electron chi connectivity index (χ3n) is 5.27. The molecule has 0 aromatic heterocycles. The molecule has 0 bridgehead atoms. The van der Waals surface area contributed by atoms with Crippen molar-refractivity contribution >= 4 is 72.9 Å². The van der Waals surface area contributed by atoms with Crippen LogP contribution in [0.3, 0.4) is 0 Å². The molecule has 8 heteroatoms. The molecule has 0 atom stereocenters. The van der Waals surface area contributed by atoms with Crippen LogP contribution in [0.1, 0.15) is 23.2 Å². The van der Waals surface area contributed by atoms with Gasteiger partial charge in [-0.1, -0.05) is 35.9 Å². The Morgan fingerprint density at radius 3 is 2.61 bits per heavy atom. The Bertz CT molecular complexity index is 1170. The van der Waals surface area contributed by atoms with Crippen LogP contribution in [0.5, 0.6) is 5.75 Å². The number of ether oxygens (including phenoxy) is 1. The van der Waals surface area contributed by atoms with Crippen LogP contribution < -0.4 is 20.3 Å². The van der Waals surface area contributed by atoms with Crippen LogP contribution >= 0.6 is 39.7 Å². The van der Waals surface area contributed by atoms with Crippen molar-refractivity contribution in [3.05, 3.63) is 63.6 Å². The van der Waals surface area contributed by atoms with E-state index in [1.165, 1.54) is 20.0 Å². The van der Waals surface area contributed by atoms with E-state index in [0.717, 1.165) is 34.0 Å². The minimum atomic E-state index is -0.361. The van der Waals surface area contributed by atoms with Gasteiger partial charge in [0.05, 0.1) is 27.9 Å². The van der Waals surface area contributed by atoms with E-state index in [2.05, 4.69) is 31.5 Å². The van der Waals surface area contributed by atoms with E-state index in [-0.39, 0.29) is 11.0 Å². The number of thiocarbonyl (C=S) groups is 1. The Morgan fingerprint density at radius 1 is 1.16 bits per heavy atom. The lowest BCUT2D eigenvalue weighted by Gasteiger charge is -2.20. The number of nitrogens with zero attached hydrogens (tertiary/aromatic N) is 1. The number of carbonyl (C=O) groups is 1. The summed E-state index contributed by atoms with van der Waals surface area (Å²) in [5.41, 5.74) is 2.12. The Labute approximate surface area is 199 Å². The second-order valence-corrected chi connectivity index (χ2v) is 8.87. The first-order chi connectivity index (χ1) is 15.0. The van der Waals surface area contributed by atoms with Crippen LogP contribution in [0.2, 0.25) is 5.02 Å². The van der Waals surface area contributed by atoms with Gasteiger partial charge in [-0.3, -0.25) is 10.1 Å². The number of nitrogens with one attached hydrogen (secondary N) is 2. The average molecular weight is 519 g/mol. The predicted octanol–water partition coefficient (Wildman–Crippen LogP) is 5.99. The van der Waals surface area contributed by atoms with Crippen LogP contribution in [-0.4, -0.2) is 31.2 Å². The van der Waals surface area contributed by atoms with E-state index < -0.39 is 0 Å². The van der Waals surface area contributed by atoms with Gasteiger partial charge in [-0.15, -0.1) is 0 Å². The number of halogens is 2. The largest absolute Gasteiger partial charge is 0.495 e. The smallest absolute Gasteiger partial charge is 0.261 e. The van der Waals surface area contributed by atoms with Crippen molar-refractivity contribution in [3.8, 4) is 5.75 Å². The number of carbonyl (C=O) groups excluding carboxylic acids is 1. The zero-order valence-corrected chi connectivity index (χ0v) is 20.0. The lowest BCUT2D eigenvalue weighted by atomic mass is 10.1. The second kappa shape index (κ2) is 9.42. The molecule has 1 fully saturated rings. The highest BCUT2D eigenvalue weighted by Gasteiger charge is 2.19. The minimum absolute atomic E-state index is 0.182. The van der Waals surface area contributed by atoms with E-state index in [1.54, 1.807) is 6.07 Å². The summed E-state index contributed by atoms with van der Waals surface area (Å²) in [5, 5.41) is 8.48. The highest BCUT2D eigenvalue weighted by Crippen LogP contribution is 2.36. The van der Waals surface area contributed by atoms with Crippen molar-refractivity contribution in [2.75, 3.05) is 30.4 Å². The van der Waals surface area contributed by atoms with Gasteiger partial charge in [0.1, 0.15) is 5.75 Å². The number of fused-ring (bicyclic) bond motifs is 1. The summed E-state index contributed by atoms with van der Waals surface area (Å²) in [6, 6.07) is 15.3. The highest BCUT2D eigenvalue weighted by molar-refractivity contribution is 9.10. The van der Waals surface area contributed by atoms with E-state index in [9.17, 15) is 4.79 Å². The number of hydrogen-bond acceptors (Lipinski definition) is 4. The van der Waals surface area contributed by atoms with Crippen LogP contribution in [0.15, 0.2) is 53.0 Å². The molecule has 0 spiro atoms. The fraction of sp³-hybridized carbons (Fsp3) is 0.217. The molecule has 0 aliphatic carbocycles. The molecule has 160 valence electrons. The molecule has 1 saturated heterocycles. The fourth-order valence-corrected chi connectivity index (χ4v) is 5.03. The molecule has 0 radical (unpaired) electrons. The number of benzene rings is 3. The van der Waals surface area contributed by atoms with Gasteiger partial charge in [-0.05, 0) is 76.0 Å². The highest BCUT2D eigenvalue weighted by atomic mass is 79.9. The maximum Gasteiger partial charge on any atom is 0.261 e. The van der Waals surface area contributed by atoms with Crippen LogP contribution in [-0.2, 0) is 0 Å². The van der Waals surface area contributed by atoms with Crippen molar-refractivity contribution in [1.82, 2.24) is 5.32 Å². The second-order valence-electron chi connectivity index (χ2n) is 7.26. The average Bonchev–Trinajstić information content (AvgIpc) is 3.28. The summed E-state index contributed by atoms with van der Waals surface area (Å²) in [4.78, 5) is 15.2. The molecule has 3 aromatic carbocycles. The summed E-state index contributed by atoms with van der Waals surface area (Å²) in [7, 11) is 1.53. The van der Waals surface area contributed by atoms with Crippen molar-refractivity contribution in [3.63, 3.8) is 0 Å². The van der Waals surface area contributed by atoms with E-state index in [0.29, 0.717) is 22.0 Å². The molecular formula is C23H21BrClN3O2S. The van der Waals surface area contributed by atoms with Gasteiger partial charge < -0.3 is 15.0 Å². The summed E-state index contributed by atoms with van der Waals surface area (Å²) < 4.78 is 6.21. The Kier molecular flexibility index (Phi) is 6.65. The topological polar surface area (TPSA) is 53.6 Å². The van der Waals surface area contributed by atoms with Gasteiger partial charge >= 0.3 is 0 Å².